The van der Waals surface area contributed by atoms with Gasteiger partial charge >= 0.3 is 0 Å². The van der Waals surface area contributed by atoms with E-state index in [0.29, 0.717) is 0 Å². The van der Waals surface area contributed by atoms with Gasteiger partial charge in [0.05, 0.1) is 0 Å². The fourth-order valence-electron chi connectivity index (χ4n) is 0.347. The Morgan fingerprint density at radius 3 is 2.00 bits per heavy atom. The fourth-order valence-corrected chi connectivity index (χ4v) is 0.347. The van der Waals surface area contributed by atoms with Crippen LogP contribution in [0.2, 0.25) is 0 Å². The van der Waals surface area contributed by atoms with Gasteiger partial charge in [-0.25, -0.2) is 0 Å². The summed E-state index contributed by atoms with van der Waals surface area (Å²) in [5.41, 5.74) is 1.15. The van der Waals surface area contributed by atoms with Crippen LogP contribution in [0.15, 0.2) is 12.1 Å². The zero-order valence-electron chi connectivity index (χ0n) is 5.39. The van der Waals surface area contributed by atoms with Crippen LogP contribution in [0.1, 0.15) is 5.56 Å². The molecule has 0 aliphatic heterocycles. The monoisotopic (exact) mass is 447 g/mol. The molecule has 0 saturated heterocycles. The minimum Gasteiger partial charge on any atom is -0.543 e. The molecule has 0 unspecified atom stereocenters. The molecule has 0 aliphatic rings. The maximum absolute atomic E-state index is 3.60. The van der Waals surface area contributed by atoms with Gasteiger partial charge in [0.1, 0.15) is 0 Å². The summed E-state index contributed by atoms with van der Waals surface area (Å²) >= 11 is 0. The molecule has 1 aromatic rings. The average Bonchev–Trinajstić information content (AvgIpc) is 1.69. The molecular formula is C6H5NRfY-2. The van der Waals surface area contributed by atoms with E-state index in [1.807, 2.05) is 19.1 Å². The van der Waals surface area contributed by atoms with Crippen LogP contribution in [0.5, 0.6) is 0 Å². The molecule has 41 valence electrons. The standard InChI is InChI=1S/C6H5N.Rf.Y/c1-6-2-4-7-5-3-6;;/h2-3H,1H3;;/q-2;;. The third kappa shape index (κ3) is 3.81. The van der Waals surface area contributed by atoms with Gasteiger partial charge in [0.25, 0.3) is 0 Å². The first-order valence-corrected chi connectivity index (χ1v) is 2.10. The van der Waals surface area contributed by atoms with Gasteiger partial charge in [-0.3, -0.25) is 30.1 Å². The smallest absolute Gasteiger partial charge is 0 e. The molecule has 0 bridgehead atoms. The van der Waals surface area contributed by atoms with E-state index >= 15 is 0 Å². The van der Waals surface area contributed by atoms with Crippen molar-refractivity contribution in [1.82, 2.24) is 4.98 Å². The predicted octanol–water partition coefficient (Wildman–Crippen LogP) is 0.988. The summed E-state index contributed by atoms with van der Waals surface area (Å²) in [5, 5.41) is 0. The number of aryl methyl sites for hydroxylation is 1. The van der Waals surface area contributed by atoms with Crippen LogP contribution in [0.25, 0.3) is 0 Å². The Labute approximate surface area is 74.4 Å². The predicted molar refractivity (Wildman–Crippen MR) is 26.6 cm³/mol. The van der Waals surface area contributed by atoms with Gasteiger partial charge in [0.2, 0.25) is 0 Å². The molecule has 0 aliphatic carbocycles. The van der Waals surface area contributed by atoms with Crippen molar-refractivity contribution in [3.05, 3.63) is 30.1 Å². The largest absolute Gasteiger partial charge is 0.543 e. The van der Waals surface area contributed by atoms with Gasteiger partial charge < -0.3 is 4.98 Å². The molecule has 1 heterocycles. The molecule has 1 rings (SSSR count). The van der Waals surface area contributed by atoms with Gasteiger partial charge in [0.15, 0.2) is 0 Å². The fraction of sp³-hybridized carbons (Fsp3) is 0.167. The second kappa shape index (κ2) is 5.39. The Bertz CT molecular complexity index is 143. The average molecular weight is 447 g/mol. The summed E-state index contributed by atoms with van der Waals surface area (Å²) in [6, 6.07) is 3.63. The van der Waals surface area contributed by atoms with Crippen molar-refractivity contribution in [2.75, 3.05) is 0 Å². The molecule has 0 aromatic carbocycles. The van der Waals surface area contributed by atoms with Crippen molar-refractivity contribution in [1.29, 1.82) is 0 Å². The summed E-state index contributed by atoms with van der Waals surface area (Å²) in [6.07, 6.45) is 5.31. The molecule has 0 amide bonds. The number of hydrogen-bond acceptors (Lipinski definition) is 1. The van der Waals surface area contributed by atoms with Crippen LogP contribution in [0.4, 0.5) is 0 Å². The molecule has 0 spiro atoms. The SMILES string of the molecule is Cc1c[c-]n[c-]c1.[Rf].[Y]. The van der Waals surface area contributed by atoms with Crippen molar-refractivity contribution in [2.24, 2.45) is 0 Å². The maximum Gasteiger partial charge on any atom is 0 e. The van der Waals surface area contributed by atoms with Crippen LogP contribution < -0.4 is 0 Å². The number of nitrogens with zero attached hydrogens (tertiary/aromatic N) is 1. The Balaban J connectivity index is 0. The molecule has 1 aromatic heterocycles. The zero-order chi connectivity index (χ0) is 5.11. The first-order chi connectivity index (χ1) is 3.39. The zero-order valence-corrected chi connectivity index (χ0v) is 14.6. The molecule has 1 radical (unpaired) electrons. The van der Waals surface area contributed by atoms with E-state index in [1.54, 1.807) is 0 Å². The molecule has 1 nitrogen and oxygen atoms in total. The Hall–Kier alpha value is -0.746. The minimum atomic E-state index is 0. The van der Waals surface area contributed by atoms with Crippen LogP contribution in [-0.4, -0.2) is 4.98 Å². The Morgan fingerprint density at radius 2 is 1.78 bits per heavy atom. The molecular weight excluding hydrogens is 442 g/mol. The number of aromatic nitrogens is 1. The first-order valence-electron chi connectivity index (χ1n) is 2.10. The quantitative estimate of drug-likeness (QED) is 0.542. The molecule has 0 fully saturated rings. The summed E-state index contributed by atoms with van der Waals surface area (Å²) in [4.78, 5) is 3.60. The van der Waals surface area contributed by atoms with Crippen LogP contribution in [0.3, 0.4) is 0 Å². The van der Waals surface area contributed by atoms with Crippen LogP contribution in [-0.2, 0) is 32.7 Å². The Kier molecular flexibility index (Phi) is 6.65. The van der Waals surface area contributed by atoms with Crippen LogP contribution >= 0.6 is 0 Å². The maximum atomic E-state index is 3.60. The number of pyridine rings is 1. The van der Waals surface area contributed by atoms with E-state index in [2.05, 4.69) is 17.4 Å². The van der Waals surface area contributed by atoms with Gasteiger partial charge in [-0.15, -0.1) is 6.92 Å². The van der Waals surface area contributed by atoms with E-state index in [9.17, 15) is 0 Å². The molecule has 9 heavy (non-hydrogen) atoms. The number of rotatable bonds is 0. The van der Waals surface area contributed by atoms with Crippen molar-refractivity contribution in [3.8, 4) is 0 Å². The van der Waals surface area contributed by atoms with E-state index in [4.69, 9.17) is 0 Å². The van der Waals surface area contributed by atoms with Crippen molar-refractivity contribution in [3.63, 3.8) is 0 Å². The molecule has 0 saturated carbocycles. The third-order valence-electron chi connectivity index (χ3n) is 0.714. The van der Waals surface area contributed by atoms with E-state index in [-0.39, 0.29) is 32.7 Å². The van der Waals surface area contributed by atoms with E-state index < -0.39 is 0 Å². The topological polar surface area (TPSA) is 12.9 Å². The third-order valence-corrected chi connectivity index (χ3v) is 0.714. The minimum absolute atomic E-state index is 0. The first kappa shape index (κ1) is 11.1. The normalized spacial score (nSPS) is 6.78. The summed E-state index contributed by atoms with van der Waals surface area (Å²) in [7, 11) is 0. The summed E-state index contributed by atoms with van der Waals surface area (Å²) < 4.78 is 0. The van der Waals surface area contributed by atoms with Gasteiger partial charge in [-0.05, 0) is 0 Å². The van der Waals surface area contributed by atoms with Crippen molar-refractivity contribution < 1.29 is 32.7 Å². The van der Waals surface area contributed by atoms with Crippen molar-refractivity contribution in [2.45, 2.75) is 6.92 Å². The second-order valence-electron chi connectivity index (χ2n) is 1.40. The van der Waals surface area contributed by atoms with Gasteiger partial charge in [-0.2, -0.15) is 0 Å². The van der Waals surface area contributed by atoms with E-state index in [1.165, 1.54) is 0 Å². The van der Waals surface area contributed by atoms with Gasteiger partial charge in [0, 0.05) is 32.7 Å². The second-order valence-corrected chi connectivity index (χ2v) is 1.40. The number of hydrogen-bond donors (Lipinski definition) is 0. The molecule has 3 heteroatoms. The van der Waals surface area contributed by atoms with Crippen LogP contribution in [0, 0.1) is 19.3 Å². The molecule has 0 atom stereocenters. The molecule has 0 N–H and O–H groups in total. The van der Waals surface area contributed by atoms with E-state index in [0.717, 1.165) is 5.56 Å². The summed E-state index contributed by atoms with van der Waals surface area (Å²) in [6.45, 7) is 1.98. The Morgan fingerprint density at radius 1 is 1.33 bits per heavy atom. The van der Waals surface area contributed by atoms with Crippen molar-refractivity contribution >= 4 is 0 Å². The van der Waals surface area contributed by atoms with Gasteiger partial charge in [-0.1, -0.05) is 0 Å². The summed E-state index contributed by atoms with van der Waals surface area (Å²) in [5.74, 6) is 0.